The van der Waals surface area contributed by atoms with Gasteiger partial charge in [-0.1, -0.05) is 91.0 Å². The maximum Gasteiger partial charge on any atom is 0.331 e. The molecule has 1 aromatic carbocycles. The molecule has 1 unspecified atom stereocenters. The van der Waals surface area contributed by atoms with Gasteiger partial charge in [-0.05, 0) is 30.2 Å². The minimum atomic E-state index is -1.02. The number of nitrogens with zero attached hydrogens (tertiary/aromatic N) is 1. The van der Waals surface area contributed by atoms with E-state index in [2.05, 4.69) is 11.9 Å². The molecule has 1 rings (SSSR count). The third-order valence-electron chi connectivity index (χ3n) is 6.74. The van der Waals surface area contributed by atoms with Crippen LogP contribution in [0.1, 0.15) is 67.4 Å². The van der Waals surface area contributed by atoms with Crippen molar-refractivity contribution >= 4 is 17.8 Å². The van der Waals surface area contributed by atoms with Crippen LogP contribution in [0, 0.1) is 17.3 Å². The Morgan fingerprint density at radius 2 is 1.63 bits per heavy atom. The molecule has 194 valence electrons. The van der Waals surface area contributed by atoms with Gasteiger partial charge in [0.05, 0.1) is 12.0 Å². The normalized spacial score (nSPS) is 15.2. The molecule has 0 bridgehead atoms. The number of carboxylic acids is 1. The van der Waals surface area contributed by atoms with Gasteiger partial charge in [-0.3, -0.25) is 9.59 Å². The summed E-state index contributed by atoms with van der Waals surface area (Å²) in [7, 11) is 1.67. The van der Waals surface area contributed by atoms with Crippen molar-refractivity contribution in [3.63, 3.8) is 0 Å². The van der Waals surface area contributed by atoms with Crippen molar-refractivity contribution in [2.45, 2.75) is 79.3 Å². The Morgan fingerprint density at radius 3 is 2.06 bits per heavy atom. The second-order valence-corrected chi connectivity index (χ2v) is 11.3. The van der Waals surface area contributed by atoms with Gasteiger partial charge >= 0.3 is 5.97 Å². The minimum Gasteiger partial charge on any atom is -0.478 e. The molecule has 0 aliphatic rings. The topological polar surface area (TPSA) is 86.7 Å². The summed E-state index contributed by atoms with van der Waals surface area (Å²) in [4.78, 5) is 40.4. The SMILES string of the molecule is C=CCC(C(=O)N[C@H](C(=O)N(C)[C@H](/C=C(\C)C(=O)O)C(C)C)C(C)(C)C)C(C)(C)c1ccccc1. The smallest absolute Gasteiger partial charge is 0.331 e. The molecule has 0 fully saturated rings. The molecule has 0 aliphatic carbocycles. The summed E-state index contributed by atoms with van der Waals surface area (Å²) in [5.74, 6) is -1.93. The fourth-order valence-corrected chi connectivity index (χ4v) is 4.29. The Labute approximate surface area is 211 Å². The Hall–Kier alpha value is -2.89. The lowest BCUT2D eigenvalue weighted by molar-refractivity contribution is -0.141. The molecule has 0 aliphatic heterocycles. The zero-order chi connectivity index (χ0) is 27.1. The molecular weight excluding hydrogens is 440 g/mol. The molecule has 2 amide bonds. The van der Waals surface area contributed by atoms with Crippen molar-refractivity contribution in [3.8, 4) is 0 Å². The number of amides is 2. The van der Waals surface area contributed by atoms with Crippen molar-refractivity contribution in [2.24, 2.45) is 17.3 Å². The third kappa shape index (κ3) is 7.81. The summed E-state index contributed by atoms with van der Waals surface area (Å²) < 4.78 is 0. The van der Waals surface area contributed by atoms with E-state index in [1.54, 1.807) is 24.1 Å². The van der Waals surface area contributed by atoms with Crippen molar-refractivity contribution in [3.05, 3.63) is 60.2 Å². The van der Waals surface area contributed by atoms with E-state index in [0.29, 0.717) is 6.42 Å². The molecule has 35 heavy (non-hydrogen) atoms. The first-order valence-electron chi connectivity index (χ1n) is 12.2. The van der Waals surface area contributed by atoms with Crippen molar-refractivity contribution in [1.29, 1.82) is 0 Å². The van der Waals surface area contributed by atoms with Gasteiger partial charge in [-0.15, -0.1) is 6.58 Å². The number of aliphatic carboxylic acids is 1. The fourth-order valence-electron chi connectivity index (χ4n) is 4.29. The number of carboxylic acid groups (broad SMARTS) is 1. The van der Waals surface area contributed by atoms with Gasteiger partial charge in [0.25, 0.3) is 0 Å². The van der Waals surface area contributed by atoms with Crippen LogP contribution < -0.4 is 5.32 Å². The fraction of sp³-hybridized carbons (Fsp3) is 0.552. The summed E-state index contributed by atoms with van der Waals surface area (Å²) in [6.45, 7) is 19.1. The monoisotopic (exact) mass is 484 g/mol. The van der Waals surface area contributed by atoms with Crippen LogP contribution in [0.4, 0.5) is 0 Å². The Kier molecular flexibility index (Phi) is 10.5. The lowest BCUT2D eigenvalue weighted by atomic mass is 9.71. The third-order valence-corrected chi connectivity index (χ3v) is 6.74. The number of hydrogen-bond acceptors (Lipinski definition) is 3. The van der Waals surface area contributed by atoms with E-state index in [4.69, 9.17) is 0 Å². The van der Waals surface area contributed by atoms with Crippen LogP contribution in [-0.4, -0.2) is 46.9 Å². The van der Waals surface area contributed by atoms with Crippen molar-refractivity contribution in [1.82, 2.24) is 10.2 Å². The van der Waals surface area contributed by atoms with Gasteiger partial charge in [0.1, 0.15) is 6.04 Å². The molecule has 0 aromatic heterocycles. The van der Waals surface area contributed by atoms with Gasteiger partial charge in [0.2, 0.25) is 11.8 Å². The van der Waals surface area contributed by atoms with Gasteiger partial charge < -0.3 is 15.3 Å². The van der Waals surface area contributed by atoms with Crippen LogP contribution in [0.3, 0.4) is 0 Å². The minimum absolute atomic E-state index is 0.0138. The molecule has 1 aromatic rings. The van der Waals surface area contributed by atoms with Gasteiger partial charge in [-0.25, -0.2) is 4.79 Å². The Bertz CT molecular complexity index is 926. The summed E-state index contributed by atoms with van der Waals surface area (Å²) in [6, 6.07) is 8.65. The van der Waals surface area contributed by atoms with E-state index in [1.807, 2.05) is 78.8 Å². The van der Waals surface area contributed by atoms with Gasteiger partial charge in [-0.2, -0.15) is 0 Å². The number of allylic oxidation sites excluding steroid dienone is 1. The van der Waals surface area contributed by atoms with E-state index >= 15 is 0 Å². The molecular formula is C29H44N2O4. The summed E-state index contributed by atoms with van der Waals surface area (Å²) in [6.07, 6.45) is 3.80. The molecule has 6 heteroatoms. The standard InChI is InChI=1S/C29H44N2O4/c1-11-15-22(29(8,9)21-16-13-12-14-17-21)25(32)30-24(28(5,6)7)26(33)31(10)23(19(2)3)18-20(4)27(34)35/h11-14,16-19,22-24H,1,15H2,2-10H3,(H,30,32)(H,34,35)/b20-18+/t22?,23-,24-/m1/s1. The molecule has 0 saturated carbocycles. The number of nitrogens with one attached hydrogen (secondary N) is 1. The van der Waals surface area contributed by atoms with Crippen LogP contribution in [0.15, 0.2) is 54.6 Å². The van der Waals surface area contributed by atoms with E-state index in [9.17, 15) is 19.5 Å². The Balaban J connectivity index is 3.35. The first-order valence-corrected chi connectivity index (χ1v) is 12.2. The molecule has 3 atom stereocenters. The molecule has 6 nitrogen and oxygen atoms in total. The van der Waals surface area contributed by atoms with E-state index in [1.165, 1.54) is 6.92 Å². The largest absolute Gasteiger partial charge is 0.478 e. The molecule has 2 N–H and O–H groups in total. The van der Waals surface area contributed by atoms with Crippen LogP contribution in [0.5, 0.6) is 0 Å². The highest BCUT2D eigenvalue weighted by Gasteiger charge is 2.41. The average Bonchev–Trinajstić information content (AvgIpc) is 2.77. The number of benzene rings is 1. The van der Waals surface area contributed by atoms with Crippen LogP contribution in [0.25, 0.3) is 0 Å². The van der Waals surface area contributed by atoms with Crippen LogP contribution >= 0.6 is 0 Å². The van der Waals surface area contributed by atoms with Gasteiger partial charge in [0, 0.05) is 18.0 Å². The Morgan fingerprint density at radius 1 is 1.09 bits per heavy atom. The maximum atomic E-state index is 13.7. The number of rotatable bonds is 11. The second-order valence-electron chi connectivity index (χ2n) is 11.3. The zero-order valence-corrected chi connectivity index (χ0v) is 22.9. The first kappa shape index (κ1) is 30.1. The van der Waals surface area contributed by atoms with Gasteiger partial charge in [0.15, 0.2) is 0 Å². The highest BCUT2D eigenvalue weighted by Crippen LogP contribution is 2.35. The molecule has 0 spiro atoms. The maximum absolute atomic E-state index is 13.7. The quantitative estimate of drug-likeness (QED) is 0.334. The zero-order valence-electron chi connectivity index (χ0n) is 22.9. The van der Waals surface area contributed by atoms with Crippen molar-refractivity contribution in [2.75, 3.05) is 7.05 Å². The number of hydrogen-bond donors (Lipinski definition) is 2. The summed E-state index contributed by atoms with van der Waals surface area (Å²) >= 11 is 0. The predicted molar refractivity (Wildman–Crippen MR) is 142 cm³/mol. The summed E-state index contributed by atoms with van der Waals surface area (Å²) in [5.41, 5.74) is 0.157. The number of likely N-dealkylation sites (N-methyl/N-ethyl adjacent to an activating group) is 1. The lowest BCUT2D eigenvalue weighted by Gasteiger charge is -2.39. The second kappa shape index (κ2) is 12.2. The molecule has 0 radical (unpaired) electrons. The lowest BCUT2D eigenvalue weighted by Crippen LogP contribution is -2.58. The highest BCUT2D eigenvalue weighted by atomic mass is 16.4. The molecule has 0 heterocycles. The van der Waals surface area contributed by atoms with E-state index < -0.39 is 34.8 Å². The van der Waals surface area contributed by atoms with E-state index in [-0.39, 0.29) is 23.3 Å². The predicted octanol–water partition coefficient (Wildman–Crippen LogP) is 5.20. The van der Waals surface area contributed by atoms with Crippen molar-refractivity contribution < 1.29 is 19.5 Å². The van der Waals surface area contributed by atoms with Crippen LogP contribution in [-0.2, 0) is 19.8 Å². The summed E-state index contributed by atoms with van der Waals surface area (Å²) in [5, 5.41) is 12.4. The average molecular weight is 485 g/mol. The number of carbonyl (C=O) groups is 3. The molecule has 0 saturated heterocycles. The first-order chi connectivity index (χ1) is 16.0. The number of carbonyl (C=O) groups excluding carboxylic acids is 2. The van der Waals surface area contributed by atoms with Crippen LogP contribution in [0.2, 0.25) is 0 Å². The highest BCUT2D eigenvalue weighted by molar-refractivity contribution is 5.90. The van der Waals surface area contributed by atoms with E-state index in [0.717, 1.165) is 5.56 Å².